The lowest BCUT2D eigenvalue weighted by Gasteiger charge is -2.27. The van der Waals surface area contributed by atoms with Crippen LogP contribution in [-0.4, -0.2) is 54.1 Å². The van der Waals surface area contributed by atoms with Gasteiger partial charge in [0, 0.05) is 23.8 Å². The zero-order valence-corrected chi connectivity index (χ0v) is 16.2. The summed E-state index contributed by atoms with van der Waals surface area (Å²) in [5.74, 6) is 0.936. The first kappa shape index (κ1) is 18.7. The smallest absolute Gasteiger partial charge is 0.164 e. The predicted octanol–water partition coefficient (Wildman–Crippen LogP) is 1.65. The lowest BCUT2D eigenvalue weighted by Crippen LogP contribution is -2.45. The fraction of sp³-hybridized carbons (Fsp3) is 0.286. The molecule has 4 aromatic rings. The Morgan fingerprint density at radius 2 is 2.07 bits per heavy atom. The van der Waals surface area contributed by atoms with E-state index in [2.05, 4.69) is 15.0 Å². The molecule has 9 heteroatoms. The van der Waals surface area contributed by atoms with Gasteiger partial charge in [-0.2, -0.15) is 0 Å². The number of pyridine rings is 1. The van der Waals surface area contributed by atoms with Crippen molar-refractivity contribution in [2.75, 3.05) is 12.3 Å². The maximum absolute atomic E-state index is 10.7. The monoisotopic (exact) mass is 407 g/mol. The fourth-order valence-electron chi connectivity index (χ4n) is 3.83. The first-order valence-corrected chi connectivity index (χ1v) is 9.55. The molecule has 30 heavy (non-hydrogen) atoms. The molecule has 9 nitrogen and oxygen atoms in total. The largest absolute Gasteiger partial charge is 0.490 e. The van der Waals surface area contributed by atoms with Crippen molar-refractivity contribution < 1.29 is 19.7 Å². The number of aliphatic hydroxyl groups excluding tert-OH is 2. The zero-order valence-electron chi connectivity index (χ0n) is 16.2. The van der Waals surface area contributed by atoms with Crippen LogP contribution in [0.4, 0.5) is 5.82 Å². The normalized spacial score (nSPS) is 26.4. The second-order valence-corrected chi connectivity index (χ2v) is 7.62. The molecule has 1 fully saturated rings. The number of nitrogens with zero attached hydrogens (tertiary/aromatic N) is 4. The third kappa shape index (κ3) is 2.95. The number of fused-ring (bicyclic) bond motifs is 2. The zero-order chi connectivity index (χ0) is 20.9. The summed E-state index contributed by atoms with van der Waals surface area (Å²) in [6.07, 6.45) is 1.58. The Bertz CT molecular complexity index is 1230. The summed E-state index contributed by atoms with van der Waals surface area (Å²) in [5, 5.41) is 23.1. The Balaban J connectivity index is 1.39. The number of hydrogen-bond acceptors (Lipinski definition) is 8. The number of ether oxygens (including phenoxy) is 2. The average Bonchev–Trinajstić information content (AvgIpc) is 3.28. The van der Waals surface area contributed by atoms with Crippen LogP contribution in [0, 0.1) is 0 Å². The topological polar surface area (TPSA) is 129 Å². The van der Waals surface area contributed by atoms with Gasteiger partial charge in [0.2, 0.25) is 0 Å². The van der Waals surface area contributed by atoms with Gasteiger partial charge >= 0.3 is 0 Å². The number of benzene rings is 1. The summed E-state index contributed by atoms with van der Waals surface area (Å²) in [6.45, 7) is 1.74. The molecule has 0 aliphatic carbocycles. The van der Waals surface area contributed by atoms with Crippen LogP contribution in [0.3, 0.4) is 0 Å². The SMILES string of the molecule is C[C@]1(COc2ccc3cccnc3c2)O[C@@H](n2ccc3c(N)ncnc32)[C@H](O)[C@@H]1O. The maximum atomic E-state index is 10.7. The Morgan fingerprint density at radius 3 is 2.93 bits per heavy atom. The first-order chi connectivity index (χ1) is 14.5. The molecule has 4 heterocycles. The van der Waals surface area contributed by atoms with E-state index in [0.717, 1.165) is 10.9 Å². The van der Waals surface area contributed by atoms with E-state index in [1.807, 2.05) is 30.3 Å². The lowest BCUT2D eigenvalue weighted by atomic mass is 9.98. The summed E-state index contributed by atoms with van der Waals surface area (Å²) in [6, 6.07) is 11.2. The van der Waals surface area contributed by atoms with Crippen LogP contribution in [-0.2, 0) is 4.74 Å². The number of nitrogen functional groups attached to an aromatic ring is 1. The molecule has 4 atom stereocenters. The van der Waals surface area contributed by atoms with Crippen LogP contribution in [0.2, 0.25) is 0 Å². The van der Waals surface area contributed by atoms with Crippen molar-refractivity contribution in [1.82, 2.24) is 19.5 Å². The van der Waals surface area contributed by atoms with E-state index in [0.29, 0.717) is 22.6 Å². The molecule has 0 radical (unpaired) electrons. The highest BCUT2D eigenvalue weighted by atomic mass is 16.6. The molecular formula is C21H21N5O4. The maximum Gasteiger partial charge on any atom is 0.164 e. The van der Waals surface area contributed by atoms with Crippen LogP contribution in [0.15, 0.2) is 55.1 Å². The minimum absolute atomic E-state index is 0.0381. The standard InChI is InChI=1S/C21H21N5O4/c1-21(10-29-13-5-4-12-3-2-7-23-15(12)9-13)17(28)16(27)20(30-21)26-8-6-14-18(22)24-11-25-19(14)26/h2-9,11,16-17,20,27-28H,10H2,1H3,(H2,22,24,25)/t16-,17+,20-,21-/m1/s1. The van der Waals surface area contributed by atoms with Gasteiger partial charge in [-0.1, -0.05) is 6.07 Å². The average molecular weight is 407 g/mol. The third-order valence-corrected chi connectivity index (χ3v) is 5.55. The molecule has 0 unspecified atom stereocenters. The molecule has 1 aromatic carbocycles. The van der Waals surface area contributed by atoms with Gasteiger partial charge in [-0.15, -0.1) is 0 Å². The minimum Gasteiger partial charge on any atom is -0.490 e. The Labute approximate surface area is 171 Å². The van der Waals surface area contributed by atoms with E-state index >= 15 is 0 Å². The van der Waals surface area contributed by atoms with Crippen molar-refractivity contribution in [1.29, 1.82) is 0 Å². The highest BCUT2D eigenvalue weighted by Gasteiger charge is 2.52. The predicted molar refractivity (Wildman–Crippen MR) is 110 cm³/mol. The molecule has 1 aliphatic heterocycles. The van der Waals surface area contributed by atoms with E-state index in [9.17, 15) is 10.2 Å². The number of nitrogens with two attached hydrogens (primary N) is 1. The minimum atomic E-state index is -1.18. The lowest BCUT2D eigenvalue weighted by molar-refractivity contribution is -0.110. The number of aliphatic hydroxyl groups is 2. The molecule has 0 saturated carbocycles. The van der Waals surface area contributed by atoms with Crippen molar-refractivity contribution in [2.24, 2.45) is 0 Å². The van der Waals surface area contributed by atoms with E-state index < -0.39 is 24.0 Å². The van der Waals surface area contributed by atoms with Crippen LogP contribution in [0.1, 0.15) is 13.2 Å². The van der Waals surface area contributed by atoms with Gasteiger partial charge in [0.05, 0.1) is 10.9 Å². The highest BCUT2D eigenvalue weighted by molar-refractivity contribution is 5.86. The Morgan fingerprint density at radius 1 is 1.20 bits per heavy atom. The summed E-state index contributed by atoms with van der Waals surface area (Å²) in [5.41, 5.74) is 6.08. The quantitative estimate of drug-likeness (QED) is 0.466. The van der Waals surface area contributed by atoms with Crippen molar-refractivity contribution >= 4 is 27.8 Å². The Kier molecular flexibility index (Phi) is 4.31. The number of aromatic nitrogens is 4. The summed E-state index contributed by atoms with van der Waals surface area (Å²) < 4.78 is 13.6. The van der Waals surface area contributed by atoms with E-state index in [4.69, 9.17) is 15.2 Å². The second kappa shape index (κ2) is 6.91. The van der Waals surface area contributed by atoms with Crippen molar-refractivity contribution in [3.8, 4) is 5.75 Å². The van der Waals surface area contributed by atoms with Gasteiger partial charge < -0.3 is 30.0 Å². The van der Waals surface area contributed by atoms with E-state index in [1.165, 1.54) is 6.33 Å². The number of hydrogen-bond donors (Lipinski definition) is 3. The molecule has 154 valence electrons. The van der Waals surface area contributed by atoms with E-state index in [1.54, 1.807) is 30.0 Å². The van der Waals surface area contributed by atoms with E-state index in [-0.39, 0.29) is 6.61 Å². The van der Waals surface area contributed by atoms with Gasteiger partial charge in [0.25, 0.3) is 0 Å². The number of rotatable bonds is 4. The first-order valence-electron chi connectivity index (χ1n) is 9.55. The van der Waals surface area contributed by atoms with Crippen LogP contribution in [0.5, 0.6) is 5.75 Å². The highest BCUT2D eigenvalue weighted by Crippen LogP contribution is 2.39. The van der Waals surface area contributed by atoms with Gasteiger partial charge in [-0.05, 0) is 31.2 Å². The fourth-order valence-corrected chi connectivity index (χ4v) is 3.83. The van der Waals surface area contributed by atoms with Crippen LogP contribution < -0.4 is 10.5 Å². The van der Waals surface area contributed by atoms with Gasteiger partial charge in [-0.3, -0.25) is 4.98 Å². The molecular weight excluding hydrogens is 386 g/mol. The third-order valence-electron chi connectivity index (χ3n) is 5.55. The molecule has 5 rings (SSSR count). The number of anilines is 1. The van der Waals surface area contributed by atoms with Crippen molar-refractivity contribution in [2.45, 2.75) is 31.0 Å². The molecule has 0 spiro atoms. The molecule has 3 aromatic heterocycles. The molecule has 0 bridgehead atoms. The molecule has 1 saturated heterocycles. The Hall–Kier alpha value is -3.27. The van der Waals surface area contributed by atoms with Crippen molar-refractivity contribution in [3.63, 3.8) is 0 Å². The van der Waals surface area contributed by atoms with Crippen molar-refractivity contribution in [3.05, 3.63) is 55.1 Å². The summed E-state index contributed by atoms with van der Waals surface area (Å²) in [4.78, 5) is 12.5. The molecule has 1 aliphatic rings. The van der Waals surface area contributed by atoms with Crippen LogP contribution >= 0.6 is 0 Å². The summed E-state index contributed by atoms with van der Waals surface area (Å²) >= 11 is 0. The second-order valence-electron chi connectivity index (χ2n) is 7.62. The molecule has 0 amide bonds. The van der Waals surface area contributed by atoms with Crippen LogP contribution in [0.25, 0.3) is 21.9 Å². The summed E-state index contributed by atoms with van der Waals surface area (Å²) in [7, 11) is 0. The van der Waals surface area contributed by atoms with Gasteiger partial charge in [0.15, 0.2) is 6.23 Å². The van der Waals surface area contributed by atoms with Gasteiger partial charge in [-0.25, -0.2) is 9.97 Å². The van der Waals surface area contributed by atoms with Gasteiger partial charge in [0.1, 0.15) is 48.0 Å². The molecule has 4 N–H and O–H groups in total.